The van der Waals surface area contributed by atoms with Gasteiger partial charge < -0.3 is 5.32 Å². The Hall–Kier alpha value is 0.170. The lowest BCUT2D eigenvalue weighted by molar-refractivity contribution is 0.163. The van der Waals surface area contributed by atoms with Crippen molar-refractivity contribution in [3.63, 3.8) is 0 Å². The van der Waals surface area contributed by atoms with Crippen molar-refractivity contribution in [3.8, 4) is 0 Å². The molecule has 0 radical (unpaired) electrons. The van der Waals surface area contributed by atoms with Gasteiger partial charge in [0.2, 0.25) is 0 Å². The van der Waals surface area contributed by atoms with Crippen molar-refractivity contribution >= 4 is 12.4 Å². The number of hydrogen-bond acceptors (Lipinski definition) is 3. The van der Waals surface area contributed by atoms with Crippen LogP contribution in [-0.4, -0.2) is 37.7 Å². The van der Waals surface area contributed by atoms with E-state index in [1.165, 1.54) is 83.5 Å². The molecule has 0 spiro atoms. The summed E-state index contributed by atoms with van der Waals surface area (Å²) in [5.41, 5.74) is 3.55. The summed E-state index contributed by atoms with van der Waals surface area (Å²) in [6, 6.07) is 0. The maximum Gasteiger partial charge on any atom is 0.0256 e. The smallest absolute Gasteiger partial charge is 0.0256 e. The molecule has 0 unspecified atom stereocenters. The number of rotatable bonds is 15. The van der Waals surface area contributed by atoms with E-state index >= 15 is 0 Å². The van der Waals surface area contributed by atoms with E-state index in [4.69, 9.17) is 0 Å². The molecular formula is C19H42ClN3. The van der Waals surface area contributed by atoms with Crippen LogP contribution in [0.25, 0.3) is 0 Å². The number of nitrogens with one attached hydrogen (secondary N) is 2. The zero-order valence-electron chi connectivity index (χ0n) is 15.6. The van der Waals surface area contributed by atoms with Gasteiger partial charge in [-0.1, -0.05) is 84.0 Å². The van der Waals surface area contributed by atoms with Crippen LogP contribution >= 0.6 is 12.4 Å². The van der Waals surface area contributed by atoms with Crippen molar-refractivity contribution in [1.82, 2.24) is 15.8 Å². The predicted octanol–water partition coefficient (Wildman–Crippen LogP) is 4.91. The minimum atomic E-state index is 0. The quantitative estimate of drug-likeness (QED) is 0.412. The SMILES string of the molecule is CCCCCCCCCCCCCCCNN1CCNCC1.Cl. The Balaban J connectivity index is 0.00000484. The van der Waals surface area contributed by atoms with Crippen LogP contribution in [0.2, 0.25) is 0 Å². The molecule has 3 nitrogen and oxygen atoms in total. The molecule has 0 aromatic rings. The van der Waals surface area contributed by atoms with Crippen LogP contribution < -0.4 is 10.7 Å². The van der Waals surface area contributed by atoms with Gasteiger partial charge in [-0.25, -0.2) is 5.01 Å². The Kier molecular flexibility index (Phi) is 18.6. The highest BCUT2D eigenvalue weighted by atomic mass is 35.5. The van der Waals surface area contributed by atoms with Crippen molar-refractivity contribution in [2.45, 2.75) is 90.4 Å². The third kappa shape index (κ3) is 15.4. The first kappa shape index (κ1) is 23.2. The minimum absolute atomic E-state index is 0. The largest absolute Gasteiger partial charge is 0.314 e. The Morgan fingerprint density at radius 2 is 1.13 bits per heavy atom. The maximum absolute atomic E-state index is 3.55. The summed E-state index contributed by atoms with van der Waals surface area (Å²) in [6.45, 7) is 8.02. The summed E-state index contributed by atoms with van der Waals surface area (Å²) < 4.78 is 0. The fourth-order valence-electron chi connectivity index (χ4n) is 3.20. The van der Waals surface area contributed by atoms with Crippen molar-refractivity contribution in [1.29, 1.82) is 0 Å². The second-order valence-electron chi connectivity index (χ2n) is 6.89. The molecule has 1 rings (SSSR count). The highest BCUT2D eigenvalue weighted by Crippen LogP contribution is 2.12. The van der Waals surface area contributed by atoms with Crippen molar-refractivity contribution in [3.05, 3.63) is 0 Å². The monoisotopic (exact) mass is 347 g/mol. The number of hydrazine groups is 1. The Bertz CT molecular complexity index is 221. The van der Waals surface area contributed by atoms with Crippen molar-refractivity contribution in [2.24, 2.45) is 0 Å². The standard InChI is InChI=1S/C19H41N3.ClH/c1-2-3-4-5-6-7-8-9-10-11-12-13-14-15-21-22-18-16-20-17-19-22;/h20-21H,2-19H2,1H3;1H. The lowest BCUT2D eigenvalue weighted by atomic mass is 10.0. The first-order valence-electron chi connectivity index (χ1n) is 10.1. The second-order valence-corrected chi connectivity index (χ2v) is 6.89. The molecule has 0 atom stereocenters. The van der Waals surface area contributed by atoms with Crippen LogP contribution in [0.1, 0.15) is 90.4 Å². The van der Waals surface area contributed by atoms with Crippen LogP contribution in [0, 0.1) is 0 Å². The Morgan fingerprint density at radius 3 is 1.61 bits per heavy atom. The molecule has 0 saturated carbocycles. The highest BCUT2D eigenvalue weighted by molar-refractivity contribution is 5.85. The van der Waals surface area contributed by atoms with Gasteiger partial charge in [0.05, 0.1) is 0 Å². The van der Waals surface area contributed by atoms with Crippen LogP contribution in [0.15, 0.2) is 0 Å². The van der Waals surface area contributed by atoms with Gasteiger partial charge in [0.1, 0.15) is 0 Å². The zero-order valence-corrected chi connectivity index (χ0v) is 16.4. The number of nitrogens with zero attached hydrogens (tertiary/aromatic N) is 1. The van der Waals surface area contributed by atoms with E-state index in [1.54, 1.807) is 0 Å². The van der Waals surface area contributed by atoms with Crippen LogP contribution in [-0.2, 0) is 0 Å². The topological polar surface area (TPSA) is 27.3 Å². The summed E-state index contributed by atoms with van der Waals surface area (Å²) in [4.78, 5) is 0. The van der Waals surface area contributed by atoms with Crippen LogP contribution in [0.3, 0.4) is 0 Å². The van der Waals surface area contributed by atoms with Crippen LogP contribution in [0.4, 0.5) is 0 Å². The number of hydrogen-bond donors (Lipinski definition) is 2. The van der Waals surface area contributed by atoms with Gasteiger partial charge in [-0.15, -0.1) is 12.4 Å². The van der Waals surface area contributed by atoms with Gasteiger partial charge in [0, 0.05) is 32.7 Å². The molecular weight excluding hydrogens is 306 g/mol. The van der Waals surface area contributed by atoms with Gasteiger partial charge >= 0.3 is 0 Å². The first-order valence-corrected chi connectivity index (χ1v) is 10.1. The van der Waals surface area contributed by atoms with E-state index < -0.39 is 0 Å². The fourth-order valence-corrected chi connectivity index (χ4v) is 3.20. The molecule has 140 valence electrons. The molecule has 1 aliphatic heterocycles. The van der Waals surface area contributed by atoms with E-state index in [0.29, 0.717) is 0 Å². The van der Waals surface area contributed by atoms with E-state index in [1.807, 2.05) is 0 Å². The predicted molar refractivity (Wildman–Crippen MR) is 105 cm³/mol. The molecule has 1 fully saturated rings. The van der Waals surface area contributed by atoms with Gasteiger partial charge in [-0.05, 0) is 6.42 Å². The van der Waals surface area contributed by atoms with E-state index in [9.17, 15) is 0 Å². The molecule has 0 amide bonds. The summed E-state index contributed by atoms with van der Waals surface area (Å²) in [5, 5.41) is 5.76. The third-order valence-corrected chi connectivity index (χ3v) is 4.73. The van der Waals surface area contributed by atoms with E-state index in [2.05, 4.69) is 22.7 Å². The Morgan fingerprint density at radius 1 is 0.696 bits per heavy atom. The first-order chi connectivity index (χ1) is 10.9. The molecule has 0 aromatic heterocycles. The molecule has 0 aliphatic carbocycles. The summed E-state index contributed by atoms with van der Waals surface area (Å²) in [6.07, 6.45) is 18.7. The molecule has 1 aliphatic rings. The highest BCUT2D eigenvalue weighted by Gasteiger charge is 2.07. The number of unbranched alkanes of at least 4 members (excludes halogenated alkanes) is 12. The maximum atomic E-state index is 3.55. The molecule has 0 aromatic carbocycles. The third-order valence-electron chi connectivity index (χ3n) is 4.73. The zero-order chi connectivity index (χ0) is 15.7. The summed E-state index contributed by atoms with van der Waals surface area (Å²) >= 11 is 0. The van der Waals surface area contributed by atoms with Gasteiger partial charge in [-0.2, -0.15) is 0 Å². The average Bonchev–Trinajstić information content (AvgIpc) is 2.56. The summed E-state index contributed by atoms with van der Waals surface area (Å²) in [7, 11) is 0. The molecule has 0 bridgehead atoms. The van der Waals surface area contributed by atoms with E-state index in [-0.39, 0.29) is 12.4 Å². The van der Waals surface area contributed by atoms with Crippen LogP contribution in [0.5, 0.6) is 0 Å². The van der Waals surface area contributed by atoms with E-state index in [0.717, 1.165) is 32.7 Å². The fraction of sp³-hybridized carbons (Fsp3) is 1.00. The minimum Gasteiger partial charge on any atom is -0.314 e. The van der Waals surface area contributed by atoms with Crippen molar-refractivity contribution in [2.75, 3.05) is 32.7 Å². The van der Waals surface area contributed by atoms with Crippen molar-refractivity contribution < 1.29 is 0 Å². The van der Waals surface area contributed by atoms with Gasteiger partial charge in [0.15, 0.2) is 0 Å². The molecule has 1 saturated heterocycles. The Labute approximate surface area is 151 Å². The number of piperazine rings is 1. The summed E-state index contributed by atoms with van der Waals surface area (Å²) in [5.74, 6) is 0. The second kappa shape index (κ2) is 18.5. The molecule has 4 heteroatoms. The lowest BCUT2D eigenvalue weighted by Gasteiger charge is -2.27. The molecule has 1 heterocycles. The number of halogens is 1. The average molecular weight is 348 g/mol. The molecule has 23 heavy (non-hydrogen) atoms. The van der Waals surface area contributed by atoms with Gasteiger partial charge in [-0.3, -0.25) is 5.43 Å². The lowest BCUT2D eigenvalue weighted by Crippen LogP contribution is -2.50. The molecule has 2 N–H and O–H groups in total. The normalized spacial score (nSPS) is 15.5. The van der Waals surface area contributed by atoms with Gasteiger partial charge in [0.25, 0.3) is 0 Å².